The highest BCUT2D eigenvalue weighted by Crippen LogP contribution is 2.57. The smallest absolute Gasteiger partial charge is 0.163 e. The van der Waals surface area contributed by atoms with E-state index >= 15 is 0 Å². The zero-order valence-corrected chi connectivity index (χ0v) is 10.4. The third kappa shape index (κ3) is 1.21. The van der Waals surface area contributed by atoms with Crippen molar-refractivity contribution >= 4 is 11.9 Å². The second-order valence-electron chi connectivity index (χ2n) is 5.82. The monoisotopic (exact) mass is 240 g/mol. The van der Waals surface area contributed by atoms with Crippen LogP contribution in [0.2, 0.25) is 0 Å². The van der Waals surface area contributed by atoms with E-state index in [9.17, 15) is 4.79 Å². The Morgan fingerprint density at radius 3 is 2.89 bits per heavy atom. The molecule has 2 saturated carbocycles. The van der Waals surface area contributed by atoms with Crippen molar-refractivity contribution in [1.82, 2.24) is 0 Å². The molecule has 0 unspecified atom stereocenters. The van der Waals surface area contributed by atoms with Crippen molar-refractivity contribution in [3.63, 3.8) is 0 Å². The molecule has 1 aromatic heterocycles. The van der Waals surface area contributed by atoms with Gasteiger partial charge in [-0.15, -0.1) is 0 Å². The number of furan rings is 1. The normalized spacial score (nSPS) is 43.1. The Labute approximate surface area is 106 Å². The van der Waals surface area contributed by atoms with Gasteiger partial charge in [0, 0.05) is 11.5 Å². The predicted molar refractivity (Wildman–Crippen MR) is 68.6 cm³/mol. The number of hydrogen-bond acceptors (Lipinski definition) is 2. The fraction of sp³-hybridized carbons (Fsp3) is 0.438. The van der Waals surface area contributed by atoms with Gasteiger partial charge < -0.3 is 4.42 Å². The molecule has 0 aromatic carbocycles. The maximum absolute atomic E-state index is 12.6. The molecular weight excluding hydrogens is 224 g/mol. The molecule has 92 valence electrons. The van der Waals surface area contributed by atoms with Gasteiger partial charge in [-0.2, -0.15) is 0 Å². The van der Waals surface area contributed by atoms with Gasteiger partial charge in [-0.1, -0.05) is 19.1 Å². The summed E-state index contributed by atoms with van der Waals surface area (Å²) < 4.78 is 5.34. The molecule has 2 bridgehead atoms. The standard InChI is InChI=1S/C16H16O2/c1-9-13(8-12-3-2-6-18-12)16(17)15-11-5-4-10(7-11)14(9)15/h2-6,8-11,14-15H,7H2,1H3/b13-8+/t9-,10+,11-,14-,15+/m1/s1. The Morgan fingerprint density at radius 2 is 2.17 bits per heavy atom. The van der Waals surface area contributed by atoms with Crippen LogP contribution in [0.5, 0.6) is 0 Å². The minimum atomic E-state index is 0.246. The average Bonchev–Trinajstić information content (AvgIpc) is 3.10. The summed E-state index contributed by atoms with van der Waals surface area (Å²) in [5, 5.41) is 0. The van der Waals surface area contributed by atoms with Crippen molar-refractivity contribution in [2.24, 2.45) is 29.6 Å². The first kappa shape index (κ1) is 10.4. The summed E-state index contributed by atoms with van der Waals surface area (Å²) in [5.41, 5.74) is 0.971. The van der Waals surface area contributed by atoms with Crippen molar-refractivity contribution in [3.05, 3.63) is 41.9 Å². The largest absolute Gasteiger partial charge is 0.465 e. The molecule has 4 rings (SSSR count). The van der Waals surface area contributed by atoms with Crippen LogP contribution < -0.4 is 0 Å². The van der Waals surface area contributed by atoms with Gasteiger partial charge in [0.2, 0.25) is 0 Å². The van der Waals surface area contributed by atoms with E-state index in [1.807, 2.05) is 18.2 Å². The zero-order chi connectivity index (χ0) is 12.3. The third-order valence-corrected chi connectivity index (χ3v) is 5.02. The van der Waals surface area contributed by atoms with E-state index in [0.29, 0.717) is 29.5 Å². The first-order chi connectivity index (χ1) is 8.75. The molecule has 0 radical (unpaired) electrons. The molecule has 3 aliphatic carbocycles. The zero-order valence-electron chi connectivity index (χ0n) is 10.4. The molecule has 0 aliphatic heterocycles. The van der Waals surface area contributed by atoms with Crippen LogP contribution in [0, 0.1) is 29.6 Å². The van der Waals surface area contributed by atoms with Gasteiger partial charge in [-0.05, 0) is 48.3 Å². The summed E-state index contributed by atoms with van der Waals surface area (Å²) >= 11 is 0. The van der Waals surface area contributed by atoms with Crippen LogP contribution in [0.3, 0.4) is 0 Å². The van der Waals surface area contributed by atoms with E-state index < -0.39 is 0 Å². The van der Waals surface area contributed by atoms with Gasteiger partial charge in [-0.3, -0.25) is 4.79 Å². The molecule has 0 amide bonds. The Kier molecular flexibility index (Phi) is 2.00. The second kappa shape index (κ2) is 3.47. The van der Waals surface area contributed by atoms with E-state index in [-0.39, 0.29) is 5.92 Å². The maximum Gasteiger partial charge on any atom is 0.163 e. The SMILES string of the molecule is C[C@@H]1/C(=C\c2ccco2)C(=O)[C@@H]2[C@H]1[C@H]1C=C[C@@H]2C1. The van der Waals surface area contributed by atoms with E-state index in [0.717, 1.165) is 11.3 Å². The summed E-state index contributed by atoms with van der Waals surface area (Å²) in [6.07, 6.45) is 9.38. The van der Waals surface area contributed by atoms with E-state index in [1.54, 1.807) is 6.26 Å². The van der Waals surface area contributed by atoms with Crippen molar-refractivity contribution in [2.45, 2.75) is 13.3 Å². The fourth-order valence-electron chi connectivity index (χ4n) is 4.26. The van der Waals surface area contributed by atoms with Gasteiger partial charge in [0.25, 0.3) is 0 Å². The number of rotatable bonds is 1. The number of carbonyl (C=O) groups is 1. The van der Waals surface area contributed by atoms with E-state index in [1.165, 1.54) is 6.42 Å². The highest BCUT2D eigenvalue weighted by atomic mass is 16.3. The number of hydrogen-bond donors (Lipinski definition) is 0. The van der Waals surface area contributed by atoms with Crippen LogP contribution in [0.4, 0.5) is 0 Å². The Hall–Kier alpha value is -1.57. The maximum atomic E-state index is 12.6. The van der Waals surface area contributed by atoms with Crippen LogP contribution in [0.25, 0.3) is 6.08 Å². The fourth-order valence-corrected chi connectivity index (χ4v) is 4.26. The average molecular weight is 240 g/mol. The first-order valence-electron chi connectivity index (χ1n) is 6.73. The summed E-state index contributed by atoms with van der Waals surface area (Å²) in [4.78, 5) is 12.6. The lowest BCUT2D eigenvalue weighted by atomic mass is 9.81. The van der Waals surface area contributed by atoms with Gasteiger partial charge >= 0.3 is 0 Å². The highest BCUT2D eigenvalue weighted by Gasteiger charge is 2.56. The molecule has 2 nitrogen and oxygen atoms in total. The Balaban J connectivity index is 1.74. The lowest BCUT2D eigenvalue weighted by molar-refractivity contribution is -0.118. The highest BCUT2D eigenvalue weighted by molar-refractivity contribution is 6.04. The molecule has 3 aliphatic rings. The van der Waals surface area contributed by atoms with Gasteiger partial charge in [0.05, 0.1) is 6.26 Å². The number of carbonyl (C=O) groups excluding carboxylic acids is 1. The molecule has 0 spiro atoms. The first-order valence-corrected chi connectivity index (χ1v) is 6.73. The Morgan fingerprint density at radius 1 is 1.33 bits per heavy atom. The molecule has 5 atom stereocenters. The molecule has 0 N–H and O–H groups in total. The summed E-state index contributed by atoms with van der Waals surface area (Å²) in [5.74, 6) is 3.43. The molecule has 0 saturated heterocycles. The minimum absolute atomic E-state index is 0.246. The molecule has 2 heteroatoms. The number of ketones is 1. The van der Waals surface area contributed by atoms with Crippen LogP contribution in [0.1, 0.15) is 19.1 Å². The number of fused-ring (bicyclic) bond motifs is 5. The summed E-state index contributed by atoms with van der Waals surface area (Å²) in [6.45, 7) is 2.20. The number of allylic oxidation sites excluding steroid dienone is 3. The Bertz CT molecular complexity index is 550. The number of Topliss-reactive ketones (excluding diaryl/α,β-unsaturated/α-hetero) is 1. The lowest BCUT2D eigenvalue weighted by Gasteiger charge is -2.21. The van der Waals surface area contributed by atoms with Gasteiger partial charge in [0.15, 0.2) is 5.78 Å². The topological polar surface area (TPSA) is 30.2 Å². The van der Waals surface area contributed by atoms with Crippen LogP contribution in [-0.2, 0) is 4.79 Å². The summed E-state index contributed by atoms with van der Waals surface area (Å²) in [7, 11) is 0. The van der Waals surface area contributed by atoms with Crippen LogP contribution in [0.15, 0.2) is 40.5 Å². The van der Waals surface area contributed by atoms with Crippen LogP contribution in [-0.4, -0.2) is 5.78 Å². The molecule has 18 heavy (non-hydrogen) atoms. The third-order valence-electron chi connectivity index (χ3n) is 5.02. The lowest BCUT2D eigenvalue weighted by Crippen LogP contribution is -2.20. The molecular formula is C16H16O2. The van der Waals surface area contributed by atoms with E-state index in [2.05, 4.69) is 19.1 Å². The van der Waals surface area contributed by atoms with Crippen molar-refractivity contribution in [1.29, 1.82) is 0 Å². The molecule has 2 fully saturated rings. The van der Waals surface area contributed by atoms with Gasteiger partial charge in [-0.25, -0.2) is 0 Å². The van der Waals surface area contributed by atoms with Crippen molar-refractivity contribution in [3.8, 4) is 0 Å². The molecule has 1 aromatic rings. The second-order valence-corrected chi connectivity index (χ2v) is 5.82. The quantitative estimate of drug-likeness (QED) is 0.557. The van der Waals surface area contributed by atoms with Crippen molar-refractivity contribution < 1.29 is 9.21 Å². The minimum Gasteiger partial charge on any atom is -0.465 e. The molecule has 1 heterocycles. The van der Waals surface area contributed by atoms with Gasteiger partial charge in [0.1, 0.15) is 5.76 Å². The predicted octanol–water partition coefficient (Wildman–Crippen LogP) is 3.32. The summed E-state index contributed by atoms with van der Waals surface area (Å²) in [6, 6.07) is 3.77. The van der Waals surface area contributed by atoms with E-state index in [4.69, 9.17) is 4.42 Å². The van der Waals surface area contributed by atoms with Crippen LogP contribution >= 0.6 is 0 Å². The van der Waals surface area contributed by atoms with Crippen molar-refractivity contribution in [2.75, 3.05) is 0 Å².